The number of carboxylic acids is 1. The molecule has 130 valence electrons. The summed E-state index contributed by atoms with van der Waals surface area (Å²) in [5, 5.41) is 12.3. The zero-order valence-electron chi connectivity index (χ0n) is 14.0. The monoisotopic (exact) mass is 330 g/mol. The second-order valence-corrected chi connectivity index (χ2v) is 6.96. The van der Waals surface area contributed by atoms with E-state index in [-0.39, 0.29) is 18.0 Å². The Bertz CT molecular complexity index is 567. The summed E-state index contributed by atoms with van der Waals surface area (Å²) in [6, 6.07) is 10.6. The first kappa shape index (κ1) is 16.8. The lowest BCUT2D eigenvalue weighted by Crippen LogP contribution is -2.50. The molecule has 0 bridgehead atoms. The molecule has 1 saturated heterocycles. The SMILES string of the molecule is O=C(O)C1CCN(C(=O)NC2CCCCC2c2ccccc2)CC1. The summed E-state index contributed by atoms with van der Waals surface area (Å²) in [6.07, 6.45) is 5.57. The Labute approximate surface area is 143 Å². The van der Waals surface area contributed by atoms with Crippen molar-refractivity contribution >= 4 is 12.0 Å². The Morgan fingerprint density at radius 2 is 1.67 bits per heavy atom. The maximum absolute atomic E-state index is 12.6. The predicted molar refractivity (Wildman–Crippen MR) is 91.9 cm³/mol. The van der Waals surface area contributed by atoms with Gasteiger partial charge in [0.15, 0.2) is 0 Å². The lowest BCUT2D eigenvalue weighted by molar-refractivity contribution is -0.143. The summed E-state index contributed by atoms with van der Waals surface area (Å²) in [6.45, 7) is 1.07. The number of piperidine rings is 1. The van der Waals surface area contributed by atoms with Crippen molar-refractivity contribution in [2.24, 2.45) is 5.92 Å². The lowest BCUT2D eigenvalue weighted by Gasteiger charge is -2.36. The van der Waals surface area contributed by atoms with Crippen LogP contribution in [0.2, 0.25) is 0 Å². The zero-order chi connectivity index (χ0) is 16.9. The zero-order valence-corrected chi connectivity index (χ0v) is 14.0. The van der Waals surface area contributed by atoms with Gasteiger partial charge in [0.2, 0.25) is 0 Å². The first-order valence-electron chi connectivity index (χ1n) is 8.98. The van der Waals surface area contributed by atoms with Gasteiger partial charge >= 0.3 is 12.0 Å². The molecule has 0 aromatic heterocycles. The largest absolute Gasteiger partial charge is 0.481 e. The topological polar surface area (TPSA) is 69.6 Å². The maximum atomic E-state index is 12.6. The van der Waals surface area contributed by atoms with E-state index in [2.05, 4.69) is 29.6 Å². The highest BCUT2D eigenvalue weighted by Crippen LogP contribution is 2.33. The lowest BCUT2D eigenvalue weighted by atomic mass is 9.80. The smallest absolute Gasteiger partial charge is 0.317 e. The van der Waals surface area contributed by atoms with Gasteiger partial charge in [0, 0.05) is 25.0 Å². The van der Waals surface area contributed by atoms with E-state index < -0.39 is 5.97 Å². The number of urea groups is 1. The molecule has 2 fully saturated rings. The second-order valence-electron chi connectivity index (χ2n) is 6.96. The molecule has 24 heavy (non-hydrogen) atoms. The third kappa shape index (κ3) is 3.89. The number of rotatable bonds is 3. The van der Waals surface area contributed by atoms with Gasteiger partial charge in [-0.2, -0.15) is 0 Å². The minimum atomic E-state index is -0.744. The third-order valence-electron chi connectivity index (χ3n) is 5.43. The molecular weight excluding hydrogens is 304 g/mol. The number of nitrogens with zero attached hydrogens (tertiary/aromatic N) is 1. The number of hydrogen-bond acceptors (Lipinski definition) is 2. The van der Waals surface area contributed by atoms with Crippen molar-refractivity contribution in [3.63, 3.8) is 0 Å². The van der Waals surface area contributed by atoms with Crippen LogP contribution in [0.25, 0.3) is 0 Å². The number of nitrogens with one attached hydrogen (secondary N) is 1. The van der Waals surface area contributed by atoms with Crippen LogP contribution in [0, 0.1) is 5.92 Å². The summed E-state index contributed by atoms with van der Waals surface area (Å²) in [5.41, 5.74) is 1.30. The highest BCUT2D eigenvalue weighted by molar-refractivity contribution is 5.75. The maximum Gasteiger partial charge on any atom is 0.317 e. The molecule has 2 amide bonds. The molecule has 5 heteroatoms. The van der Waals surface area contributed by atoms with Crippen LogP contribution in [-0.4, -0.2) is 41.1 Å². The standard InChI is InChI=1S/C19H26N2O3/c22-18(23)15-10-12-21(13-11-15)19(24)20-17-9-5-4-8-16(17)14-6-2-1-3-7-14/h1-3,6-7,15-17H,4-5,8-13H2,(H,20,24)(H,22,23). The fourth-order valence-corrected chi connectivity index (χ4v) is 3.98. The fraction of sp³-hybridized carbons (Fsp3) is 0.579. The summed E-state index contributed by atoms with van der Waals surface area (Å²) >= 11 is 0. The molecule has 1 saturated carbocycles. The number of amides is 2. The Hall–Kier alpha value is -2.04. The summed E-state index contributed by atoms with van der Waals surface area (Å²) in [4.78, 5) is 25.4. The van der Waals surface area contributed by atoms with Crippen molar-refractivity contribution < 1.29 is 14.7 Å². The molecule has 1 heterocycles. The number of likely N-dealkylation sites (tertiary alicyclic amines) is 1. The van der Waals surface area contributed by atoms with Crippen LogP contribution in [-0.2, 0) is 4.79 Å². The van der Waals surface area contributed by atoms with Gasteiger partial charge in [-0.05, 0) is 31.2 Å². The van der Waals surface area contributed by atoms with Crippen molar-refractivity contribution in [2.75, 3.05) is 13.1 Å². The van der Waals surface area contributed by atoms with Crippen molar-refractivity contribution in [2.45, 2.75) is 50.5 Å². The van der Waals surface area contributed by atoms with E-state index >= 15 is 0 Å². The number of carboxylic acid groups (broad SMARTS) is 1. The molecule has 2 N–H and O–H groups in total. The van der Waals surface area contributed by atoms with E-state index in [1.165, 1.54) is 12.0 Å². The van der Waals surface area contributed by atoms with Crippen LogP contribution in [0.15, 0.2) is 30.3 Å². The van der Waals surface area contributed by atoms with E-state index in [1.54, 1.807) is 4.90 Å². The molecule has 3 rings (SSSR count). The number of carbonyl (C=O) groups is 2. The minimum Gasteiger partial charge on any atom is -0.481 e. The average Bonchev–Trinajstić information content (AvgIpc) is 2.63. The molecule has 0 spiro atoms. The van der Waals surface area contributed by atoms with Gasteiger partial charge in [-0.15, -0.1) is 0 Å². The molecule has 2 aliphatic rings. The first-order chi connectivity index (χ1) is 11.6. The Morgan fingerprint density at radius 3 is 2.33 bits per heavy atom. The molecule has 5 nitrogen and oxygen atoms in total. The van der Waals surface area contributed by atoms with Gasteiger partial charge < -0.3 is 15.3 Å². The van der Waals surface area contributed by atoms with Crippen LogP contribution in [0.4, 0.5) is 4.79 Å². The van der Waals surface area contributed by atoms with Crippen LogP contribution in [0.1, 0.15) is 50.0 Å². The van der Waals surface area contributed by atoms with Crippen LogP contribution >= 0.6 is 0 Å². The molecule has 2 atom stereocenters. The van der Waals surface area contributed by atoms with E-state index in [1.807, 2.05) is 6.07 Å². The van der Waals surface area contributed by atoms with Crippen LogP contribution in [0.3, 0.4) is 0 Å². The Balaban J connectivity index is 1.59. The Morgan fingerprint density at radius 1 is 1.00 bits per heavy atom. The van der Waals surface area contributed by atoms with Crippen molar-refractivity contribution in [3.05, 3.63) is 35.9 Å². The number of benzene rings is 1. The molecular formula is C19H26N2O3. The summed E-state index contributed by atoms with van der Waals surface area (Å²) < 4.78 is 0. The molecule has 0 radical (unpaired) electrons. The van der Waals surface area contributed by atoms with Gasteiger partial charge in [-0.1, -0.05) is 43.2 Å². The second kappa shape index (κ2) is 7.69. The predicted octanol–water partition coefficient (Wildman–Crippen LogP) is 3.22. The normalized spacial score (nSPS) is 25.2. The van der Waals surface area contributed by atoms with E-state index in [0.717, 1.165) is 19.3 Å². The average molecular weight is 330 g/mol. The van der Waals surface area contributed by atoms with Gasteiger partial charge in [0.25, 0.3) is 0 Å². The Kier molecular flexibility index (Phi) is 5.38. The van der Waals surface area contributed by atoms with Gasteiger partial charge in [-0.3, -0.25) is 4.79 Å². The quantitative estimate of drug-likeness (QED) is 0.894. The fourth-order valence-electron chi connectivity index (χ4n) is 3.98. The number of carbonyl (C=O) groups excluding carboxylic acids is 1. The summed E-state index contributed by atoms with van der Waals surface area (Å²) in [7, 11) is 0. The number of hydrogen-bond donors (Lipinski definition) is 2. The minimum absolute atomic E-state index is 0.0355. The highest BCUT2D eigenvalue weighted by atomic mass is 16.4. The molecule has 1 aromatic carbocycles. The van der Waals surface area contributed by atoms with E-state index in [0.29, 0.717) is 31.8 Å². The third-order valence-corrected chi connectivity index (χ3v) is 5.43. The molecule has 1 aromatic rings. The molecule has 2 unspecified atom stereocenters. The van der Waals surface area contributed by atoms with Crippen molar-refractivity contribution in [1.82, 2.24) is 10.2 Å². The van der Waals surface area contributed by atoms with Crippen LogP contribution in [0.5, 0.6) is 0 Å². The van der Waals surface area contributed by atoms with Crippen molar-refractivity contribution in [1.29, 1.82) is 0 Å². The van der Waals surface area contributed by atoms with E-state index in [4.69, 9.17) is 5.11 Å². The molecule has 1 aliphatic heterocycles. The summed E-state index contributed by atoms with van der Waals surface area (Å²) in [5.74, 6) is -0.673. The first-order valence-corrected chi connectivity index (χ1v) is 8.98. The number of aliphatic carboxylic acids is 1. The van der Waals surface area contributed by atoms with Gasteiger partial charge in [0.1, 0.15) is 0 Å². The van der Waals surface area contributed by atoms with Crippen molar-refractivity contribution in [3.8, 4) is 0 Å². The van der Waals surface area contributed by atoms with E-state index in [9.17, 15) is 9.59 Å². The van der Waals surface area contributed by atoms with Crippen LogP contribution < -0.4 is 5.32 Å². The molecule has 1 aliphatic carbocycles. The highest BCUT2D eigenvalue weighted by Gasteiger charge is 2.31. The van der Waals surface area contributed by atoms with Gasteiger partial charge in [-0.25, -0.2) is 4.79 Å². The van der Waals surface area contributed by atoms with Gasteiger partial charge in [0.05, 0.1) is 5.92 Å².